The molecule has 0 radical (unpaired) electrons. The summed E-state index contributed by atoms with van der Waals surface area (Å²) in [4.78, 5) is 2.48. The smallest absolute Gasteiger partial charge is 0.142 e. The first-order valence-corrected chi connectivity index (χ1v) is 8.81. The molecule has 0 spiro atoms. The predicted octanol–water partition coefficient (Wildman–Crippen LogP) is 1.91. The Morgan fingerprint density at radius 1 is 1.22 bits per heavy atom. The third kappa shape index (κ3) is 6.77. The Kier molecular flexibility index (Phi) is 8.21. The van der Waals surface area contributed by atoms with Crippen molar-refractivity contribution in [3.05, 3.63) is 23.8 Å². The average Bonchev–Trinajstić information content (AvgIpc) is 2.57. The molecule has 1 saturated heterocycles. The number of rotatable bonds is 10. The van der Waals surface area contributed by atoms with Gasteiger partial charge in [0.1, 0.15) is 5.75 Å². The van der Waals surface area contributed by atoms with Gasteiger partial charge in [-0.15, -0.1) is 0 Å². The molecule has 0 aromatic heterocycles. The average molecular weight is 321 g/mol. The number of ether oxygens (including phenoxy) is 2. The molecule has 3 N–H and O–H groups in total. The highest BCUT2D eigenvalue weighted by molar-refractivity contribution is 5.54. The summed E-state index contributed by atoms with van der Waals surface area (Å²) >= 11 is 0. The van der Waals surface area contributed by atoms with Crippen LogP contribution in [-0.4, -0.2) is 57.4 Å². The number of morpholine rings is 1. The summed E-state index contributed by atoms with van der Waals surface area (Å²) < 4.78 is 10.8. The number of hydrogen-bond donors (Lipinski definition) is 2. The molecule has 0 aliphatic carbocycles. The number of nitrogens with two attached hydrogens (primary N) is 1. The Morgan fingerprint density at radius 3 is 2.74 bits per heavy atom. The minimum atomic E-state index is 0.651. The van der Waals surface area contributed by atoms with Gasteiger partial charge in [-0.25, -0.2) is 0 Å². The molecular weight excluding hydrogens is 290 g/mol. The first-order valence-electron chi connectivity index (χ1n) is 8.81. The molecule has 1 fully saturated rings. The molecule has 0 atom stereocenters. The van der Waals surface area contributed by atoms with Crippen LogP contribution in [0.3, 0.4) is 0 Å². The lowest BCUT2D eigenvalue weighted by atomic mass is 10.1. The Balaban J connectivity index is 1.52. The fraction of sp³-hybridized carbons (Fsp3) is 0.667. The summed E-state index contributed by atoms with van der Waals surface area (Å²) in [6, 6.07) is 6.12. The summed E-state index contributed by atoms with van der Waals surface area (Å²) in [6.45, 7) is 9.87. The highest BCUT2D eigenvalue weighted by atomic mass is 16.5. The summed E-state index contributed by atoms with van der Waals surface area (Å²) in [5.41, 5.74) is 8.01. The van der Waals surface area contributed by atoms with E-state index in [0.29, 0.717) is 6.61 Å². The normalized spacial score (nSPS) is 15.7. The lowest BCUT2D eigenvalue weighted by molar-refractivity contribution is 0.0374. The molecule has 130 valence electrons. The lowest BCUT2D eigenvalue weighted by Gasteiger charge is -2.26. The second-order valence-electron chi connectivity index (χ2n) is 5.97. The highest BCUT2D eigenvalue weighted by Crippen LogP contribution is 2.22. The van der Waals surface area contributed by atoms with Crippen molar-refractivity contribution in [1.29, 1.82) is 0 Å². The van der Waals surface area contributed by atoms with Gasteiger partial charge < -0.3 is 20.5 Å². The maximum Gasteiger partial charge on any atom is 0.142 e. The molecular formula is C18H31N3O2. The standard InChI is InChI=1S/C18H31N3O2/c1-2-23-18-7-6-16(15-17(18)19)5-3-8-20-9-4-10-21-11-13-22-14-12-21/h6-7,15,20H,2-5,8-14,19H2,1H3. The molecule has 5 heteroatoms. The van der Waals surface area contributed by atoms with Crippen LogP contribution >= 0.6 is 0 Å². The van der Waals surface area contributed by atoms with Crippen LogP contribution in [0.25, 0.3) is 0 Å². The third-order valence-corrected chi connectivity index (χ3v) is 4.12. The van der Waals surface area contributed by atoms with E-state index in [4.69, 9.17) is 15.2 Å². The largest absolute Gasteiger partial charge is 0.492 e. The minimum absolute atomic E-state index is 0.651. The van der Waals surface area contributed by atoms with Gasteiger partial charge in [0.25, 0.3) is 0 Å². The van der Waals surface area contributed by atoms with Gasteiger partial charge in [0.15, 0.2) is 0 Å². The van der Waals surface area contributed by atoms with E-state index < -0.39 is 0 Å². The molecule has 1 aliphatic rings. The van der Waals surface area contributed by atoms with Gasteiger partial charge in [-0.05, 0) is 63.5 Å². The predicted molar refractivity (Wildman–Crippen MR) is 95.1 cm³/mol. The topological polar surface area (TPSA) is 59.8 Å². The van der Waals surface area contributed by atoms with Crippen LogP contribution in [0.2, 0.25) is 0 Å². The second-order valence-corrected chi connectivity index (χ2v) is 5.97. The lowest BCUT2D eigenvalue weighted by Crippen LogP contribution is -2.37. The number of nitrogens with zero attached hydrogens (tertiary/aromatic N) is 1. The fourth-order valence-corrected chi connectivity index (χ4v) is 2.84. The first kappa shape index (κ1) is 18.0. The van der Waals surface area contributed by atoms with E-state index in [2.05, 4.69) is 16.3 Å². The second kappa shape index (κ2) is 10.5. The summed E-state index contributed by atoms with van der Waals surface area (Å²) in [5, 5.41) is 3.53. The van der Waals surface area contributed by atoms with Crippen molar-refractivity contribution in [2.75, 3.05) is 58.3 Å². The van der Waals surface area contributed by atoms with Crippen molar-refractivity contribution in [2.45, 2.75) is 26.2 Å². The van der Waals surface area contributed by atoms with Crippen molar-refractivity contribution in [3.8, 4) is 5.75 Å². The van der Waals surface area contributed by atoms with Crippen LogP contribution in [0.15, 0.2) is 18.2 Å². The number of benzene rings is 1. The molecule has 5 nitrogen and oxygen atoms in total. The molecule has 1 aliphatic heterocycles. The Morgan fingerprint density at radius 2 is 2.00 bits per heavy atom. The summed E-state index contributed by atoms with van der Waals surface area (Å²) in [5.74, 6) is 0.789. The zero-order chi connectivity index (χ0) is 16.3. The number of hydrogen-bond acceptors (Lipinski definition) is 5. The van der Waals surface area contributed by atoms with Crippen molar-refractivity contribution in [1.82, 2.24) is 10.2 Å². The van der Waals surface area contributed by atoms with Gasteiger partial charge >= 0.3 is 0 Å². The van der Waals surface area contributed by atoms with Crippen molar-refractivity contribution in [2.24, 2.45) is 0 Å². The van der Waals surface area contributed by atoms with Crippen molar-refractivity contribution >= 4 is 5.69 Å². The number of aryl methyl sites for hydroxylation is 1. The quantitative estimate of drug-likeness (QED) is 0.509. The monoisotopic (exact) mass is 321 g/mol. The molecule has 1 aromatic carbocycles. The van der Waals surface area contributed by atoms with E-state index in [9.17, 15) is 0 Å². The van der Waals surface area contributed by atoms with Crippen LogP contribution in [0, 0.1) is 0 Å². The zero-order valence-electron chi connectivity index (χ0n) is 14.4. The number of anilines is 1. The molecule has 23 heavy (non-hydrogen) atoms. The van der Waals surface area contributed by atoms with E-state index in [-0.39, 0.29) is 0 Å². The van der Waals surface area contributed by atoms with Crippen LogP contribution in [0.5, 0.6) is 5.75 Å². The summed E-state index contributed by atoms with van der Waals surface area (Å²) in [6.07, 6.45) is 3.38. The molecule has 0 saturated carbocycles. The number of nitrogen functional groups attached to an aromatic ring is 1. The fourth-order valence-electron chi connectivity index (χ4n) is 2.84. The molecule has 0 amide bonds. The third-order valence-electron chi connectivity index (χ3n) is 4.12. The SMILES string of the molecule is CCOc1ccc(CCCNCCCN2CCOCC2)cc1N. The molecule has 0 unspecified atom stereocenters. The Labute approximate surface area is 140 Å². The van der Waals surface area contributed by atoms with E-state index in [1.54, 1.807) is 0 Å². The minimum Gasteiger partial charge on any atom is -0.492 e. The van der Waals surface area contributed by atoms with Gasteiger partial charge in [-0.3, -0.25) is 4.90 Å². The van der Waals surface area contributed by atoms with Gasteiger partial charge in [0.05, 0.1) is 25.5 Å². The van der Waals surface area contributed by atoms with Gasteiger partial charge in [-0.1, -0.05) is 6.07 Å². The highest BCUT2D eigenvalue weighted by Gasteiger charge is 2.08. The van der Waals surface area contributed by atoms with Gasteiger partial charge in [0.2, 0.25) is 0 Å². The van der Waals surface area contributed by atoms with Gasteiger partial charge in [0, 0.05) is 13.1 Å². The van der Waals surface area contributed by atoms with E-state index in [0.717, 1.165) is 63.7 Å². The molecule has 2 rings (SSSR count). The van der Waals surface area contributed by atoms with E-state index in [1.165, 1.54) is 18.5 Å². The summed E-state index contributed by atoms with van der Waals surface area (Å²) in [7, 11) is 0. The first-order chi connectivity index (χ1) is 11.3. The maximum atomic E-state index is 5.99. The Hall–Kier alpha value is -1.30. The van der Waals surface area contributed by atoms with E-state index >= 15 is 0 Å². The van der Waals surface area contributed by atoms with Crippen molar-refractivity contribution in [3.63, 3.8) is 0 Å². The van der Waals surface area contributed by atoms with Crippen LogP contribution < -0.4 is 15.8 Å². The van der Waals surface area contributed by atoms with E-state index in [1.807, 2.05) is 19.1 Å². The van der Waals surface area contributed by atoms with Crippen LogP contribution in [0.1, 0.15) is 25.3 Å². The van der Waals surface area contributed by atoms with Crippen LogP contribution in [-0.2, 0) is 11.2 Å². The molecule has 1 heterocycles. The van der Waals surface area contributed by atoms with Crippen LogP contribution in [0.4, 0.5) is 5.69 Å². The Bertz CT molecular complexity index is 448. The van der Waals surface area contributed by atoms with Gasteiger partial charge in [-0.2, -0.15) is 0 Å². The molecule has 1 aromatic rings. The molecule has 0 bridgehead atoms. The van der Waals surface area contributed by atoms with Crippen molar-refractivity contribution < 1.29 is 9.47 Å². The zero-order valence-corrected chi connectivity index (χ0v) is 14.4. The maximum absolute atomic E-state index is 5.99. The number of nitrogens with one attached hydrogen (secondary N) is 1.